The van der Waals surface area contributed by atoms with Crippen molar-refractivity contribution in [2.45, 2.75) is 19.3 Å². The van der Waals surface area contributed by atoms with Crippen LogP contribution in [0.25, 0.3) is 11.0 Å². The Morgan fingerprint density at radius 1 is 1.04 bits per heavy atom. The minimum Gasteiger partial charge on any atom is -0.365 e. The molecule has 1 aromatic heterocycles. The van der Waals surface area contributed by atoms with Crippen molar-refractivity contribution in [3.05, 3.63) is 28.4 Å². The highest BCUT2D eigenvalue weighted by Crippen LogP contribution is 2.30. The van der Waals surface area contributed by atoms with E-state index in [1.54, 1.807) is 0 Å². The largest absolute Gasteiger partial charge is 0.365 e. The molecule has 0 aliphatic carbocycles. The van der Waals surface area contributed by atoms with E-state index in [9.17, 15) is 18.8 Å². The van der Waals surface area contributed by atoms with Crippen molar-refractivity contribution < 1.29 is 14.0 Å². The second kappa shape index (κ2) is 6.24. The second-order valence-corrected chi connectivity index (χ2v) is 6.61. The maximum Gasteiger partial charge on any atom is 0.348 e. The van der Waals surface area contributed by atoms with E-state index >= 15 is 0 Å². The van der Waals surface area contributed by atoms with Crippen LogP contribution in [0.15, 0.2) is 16.9 Å². The van der Waals surface area contributed by atoms with Crippen molar-refractivity contribution in [3.8, 4) is 0 Å². The van der Waals surface area contributed by atoms with Crippen molar-refractivity contribution in [1.82, 2.24) is 14.6 Å². The smallest absolute Gasteiger partial charge is 0.348 e. The van der Waals surface area contributed by atoms with Crippen LogP contribution in [-0.4, -0.2) is 47.2 Å². The van der Waals surface area contributed by atoms with Gasteiger partial charge in [-0.3, -0.25) is 14.2 Å². The molecule has 3 heterocycles. The van der Waals surface area contributed by atoms with Crippen LogP contribution in [0.5, 0.6) is 0 Å². The normalized spacial score (nSPS) is 18.8. The molecule has 1 N–H and O–H groups in total. The zero-order chi connectivity index (χ0) is 18.4. The van der Waals surface area contributed by atoms with E-state index in [2.05, 4.69) is 5.32 Å². The first kappa shape index (κ1) is 16.8. The highest BCUT2D eigenvalue weighted by molar-refractivity contribution is 6.11. The van der Waals surface area contributed by atoms with Gasteiger partial charge >= 0.3 is 5.69 Å². The van der Waals surface area contributed by atoms with Gasteiger partial charge in [0.05, 0.1) is 16.7 Å². The SMILES string of the molecule is Cn1c(=O)n(N2C(=O)CCCC2=O)c2ccc(F)c(N3CCNCC3)c21. The summed E-state index contributed by atoms with van der Waals surface area (Å²) in [5.74, 6) is -1.25. The number of imidazole rings is 1. The molecule has 0 atom stereocenters. The van der Waals surface area contributed by atoms with E-state index in [0.29, 0.717) is 49.3 Å². The van der Waals surface area contributed by atoms with Gasteiger partial charge in [0.15, 0.2) is 0 Å². The number of halogens is 1. The molecule has 0 bridgehead atoms. The van der Waals surface area contributed by atoms with Gasteiger partial charge in [0, 0.05) is 46.1 Å². The Morgan fingerprint density at radius 2 is 1.69 bits per heavy atom. The third-order valence-electron chi connectivity index (χ3n) is 5.00. The number of nitrogens with zero attached hydrogens (tertiary/aromatic N) is 4. The monoisotopic (exact) mass is 361 g/mol. The minimum absolute atomic E-state index is 0.209. The van der Waals surface area contributed by atoms with E-state index in [1.807, 2.05) is 4.90 Å². The zero-order valence-corrected chi connectivity index (χ0v) is 14.5. The fourth-order valence-electron chi connectivity index (χ4n) is 3.73. The molecule has 9 heteroatoms. The Morgan fingerprint density at radius 3 is 2.35 bits per heavy atom. The lowest BCUT2D eigenvalue weighted by Gasteiger charge is -2.30. The highest BCUT2D eigenvalue weighted by Gasteiger charge is 2.32. The first-order valence-corrected chi connectivity index (χ1v) is 8.72. The Labute approximate surface area is 148 Å². The summed E-state index contributed by atoms with van der Waals surface area (Å²) in [6, 6.07) is 2.74. The summed E-state index contributed by atoms with van der Waals surface area (Å²) in [7, 11) is 1.53. The van der Waals surface area contributed by atoms with Gasteiger partial charge < -0.3 is 10.2 Å². The number of aromatic nitrogens is 2. The molecule has 0 spiro atoms. The van der Waals surface area contributed by atoms with Crippen LogP contribution < -0.4 is 20.9 Å². The van der Waals surface area contributed by atoms with Crippen LogP contribution in [0.1, 0.15) is 19.3 Å². The lowest BCUT2D eigenvalue weighted by atomic mass is 10.1. The highest BCUT2D eigenvalue weighted by atomic mass is 19.1. The van der Waals surface area contributed by atoms with Gasteiger partial charge in [0.1, 0.15) is 5.82 Å². The fourth-order valence-corrected chi connectivity index (χ4v) is 3.73. The molecule has 8 nitrogen and oxygen atoms in total. The van der Waals surface area contributed by atoms with E-state index < -0.39 is 23.3 Å². The summed E-state index contributed by atoms with van der Waals surface area (Å²) in [6.45, 7) is 2.65. The zero-order valence-electron chi connectivity index (χ0n) is 14.5. The summed E-state index contributed by atoms with van der Waals surface area (Å²) in [5.41, 5.74) is 0.545. The molecule has 2 fully saturated rings. The Kier molecular flexibility index (Phi) is 4.03. The molecule has 2 aromatic rings. The predicted octanol–water partition coefficient (Wildman–Crippen LogP) is 0.0638. The maximum absolute atomic E-state index is 14.7. The molecular formula is C17H20FN5O3. The summed E-state index contributed by atoms with van der Waals surface area (Å²) < 4.78 is 17.1. The average molecular weight is 361 g/mol. The minimum atomic E-state index is -0.536. The number of fused-ring (bicyclic) bond motifs is 1. The van der Waals surface area contributed by atoms with Crippen molar-refractivity contribution in [2.75, 3.05) is 36.1 Å². The molecule has 2 aliphatic heterocycles. The molecule has 0 saturated carbocycles. The van der Waals surface area contributed by atoms with Gasteiger partial charge in [-0.05, 0) is 18.6 Å². The van der Waals surface area contributed by atoms with E-state index in [0.717, 1.165) is 9.69 Å². The Hall–Kier alpha value is -2.68. The van der Waals surface area contributed by atoms with Crippen LogP contribution in [-0.2, 0) is 16.6 Å². The summed E-state index contributed by atoms with van der Waals surface area (Å²) in [5, 5.41) is 4.12. The van der Waals surface area contributed by atoms with Gasteiger partial charge in [-0.1, -0.05) is 0 Å². The standard InChI is InChI=1S/C17H20FN5O3/c1-20-16-12(6-5-11(18)15(16)21-9-7-19-8-10-21)22(17(20)26)23-13(24)3-2-4-14(23)25/h5-6,19H,2-4,7-10H2,1H3. The quantitative estimate of drug-likeness (QED) is 0.766. The number of piperazine rings is 1. The third-order valence-corrected chi connectivity index (χ3v) is 5.00. The maximum atomic E-state index is 14.7. The van der Waals surface area contributed by atoms with Crippen LogP contribution in [0, 0.1) is 5.82 Å². The molecule has 26 heavy (non-hydrogen) atoms. The first-order chi connectivity index (χ1) is 12.5. The molecule has 2 aliphatic rings. The summed E-state index contributed by atoms with van der Waals surface area (Å²) in [4.78, 5) is 39.4. The van der Waals surface area contributed by atoms with Crippen molar-refractivity contribution >= 4 is 28.5 Å². The van der Waals surface area contributed by atoms with E-state index in [1.165, 1.54) is 23.7 Å². The number of nitrogens with one attached hydrogen (secondary N) is 1. The van der Waals surface area contributed by atoms with Gasteiger partial charge in [-0.25, -0.2) is 9.18 Å². The van der Waals surface area contributed by atoms with Gasteiger partial charge in [-0.2, -0.15) is 9.69 Å². The van der Waals surface area contributed by atoms with E-state index in [-0.39, 0.29) is 12.8 Å². The molecule has 0 unspecified atom stereocenters. The third kappa shape index (κ3) is 2.42. The Bertz CT molecular complexity index is 941. The molecular weight excluding hydrogens is 341 g/mol. The number of aryl methyl sites for hydroxylation is 1. The number of carbonyl (C=O) groups is 2. The topological polar surface area (TPSA) is 79.6 Å². The average Bonchev–Trinajstić information content (AvgIpc) is 2.88. The lowest BCUT2D eigenvalue weighted by molar-refractivity contribution is -0.131. The van der Waals surface area contributed by atoms with Crippen LogP contribution >= 0.6 is 0 Å². The van der Waals surface area contributed by atoms with Crippen molar-refractivity contribution in [3.63, 3.8) is 0 Å². The second-order valence-electron chi connectivity index (χ2n) is 6.61. The fraction of sp³-hybridized carbons (Fsp3) is 0.471. The van der Waals surface area contributed by atoms with Gasteiger partial charge in [0.25, 0.3) is 0 Å². The predicted molar refractivity (Wildman–Crippen MR) is 94.3 cm³/mol. The molecule has 138 valence electrons. The first-order valence-electron chi connectivity index (χ1n) is 8.72. The summed E-state index contributed by atoms with van der Waals surface area (Å²) >= 11 is 0. The van der Waals surface area contributed by atoms with Crippen LogP contribution in [0.4, 0.5) is 10.1 Å². The number of imide groups is 1. The molecule has 2 saturated heterocycles. The van der Waals surface area contributed by atoms with Crippen LogP contribution in [0.3, 0.4) is 0 Å². The van der Waals surface area contributed by atoms with Gasteiger partial charge in [-0.15, -0.1) is 0 Å². The molecule has 0 radical (unpaired) electrons. The van der Waals surface area contributed by atoms with Crippen molar-refractivity contribution in [1.29, 1.82) is 0 Å². The lowest BCUT2D eigenvalue weighted by Crippen LogP contribution is -2.52. The van der Waals surface area contributed by atoms with Crippen molar-refractivity contribution in [2.24, 2.45) is 7.05 Å². The van der Waals surface area contributed by atoms with Gasteiger partial charge in [0.2, 0.25) is 11.8 Å². The summed E-state index contributed by atoms with van der Waals surface area (Å²) in [6.07, 6.45) is 0.898. The van der Waals surface area contributed by atoms with Crippen LogP contribution in [0.2, 0.25) is 0 Å². The number of hydrogen-bond donors (Lipinski definition) is 1. The number of hydrogen-bond acceptors (Lipinski definition) is 5. The number of rotatable bonds is 2. The number of amides is 2. The number of anilines is 1. The Balaban J connectivity index is 1.96. The van der Waals surface area contributed by atoms with E-state index in [4.69, 9.17) is 0 Å². The number of piperidine rings is 1. The molecule has 1 aromatic carbocycles. The number of carbonyl (C=O) groups excluding carboxylic acids is 2. The number of benzene rings is 1. The molecule has 2 amide bonds. The molecule has 4 rings (SSSR count).